The minimum Gasteiger partial charge on any atom is -0.299 e. The van der Waals surface area contributed by atoms with Gasteiger partial charge in [-0.1, -0.05) is 87.3 Å². The molecule has 2 saturated carbocycles. The Morgan fingerprint density at radius 1 is 0.828 bits per heavy atom. The summed E-state index contributed by atoms with van der Waals surface area (Å²) >= 11 is 8.24. The third kappa shape index (κ3) is 4.67. The summed E-state index contributed by atoms with van der Waals surface area (Å²) in [6.45, 7) is 5.60. The quantitative estimate of drug-likeness (QED) is 0.307. The summed E-state index contributed by atoms with van der Waals surface area (Å²) in [5.74, 6) is 0. The second kappa shape index (κ2) is 9.24. The summed E-state index contributed by atoms with van der Waals surface area (Å²) < 4.78 is 0.444. The van der Waals surface area contributed by atoms with Gasteiger partial charge in [0.15, 0.2) is 0 Å². The van der Waals surface area contributed by atoms with Crippen LogP contribution in [0.2, 0.25) is 0 Å². The van der Waals surface area contributed by atoms with Gasteiger partial charge in [-0.2, -0.15) is 0 Å². The van der Waals surface area contributed by atoms with Gasteiger partial charge in [0.05, 0.1) is 8.65 Å². The van der Waals surface area contributed by atoms with Crippen molar-refractivity contribution in [3.63, 3.8) is 0 Å². The van der Waals surface area contributed by atoms with Crippen LogP contribution >= 0.6 is 31.9 Å². The van der Waals surface area contributed by atoms with Crippen molar-refractivity contribution in [3.05, 3.63) is 70.8 Å². The monoisotopic (exact) mass is 517 g/mol. The van der Waals surface area contributed by atoms with E-state index in [0.29, 0.717) is 0 Å². The van der Waals surface area contributed by atoms with Crippen molar-refractivity contribution in [1.29, 1.82) is 0 Å². The van der Waals surface area contributed by atoms with Crippen LogP contribution in [0.3, 0.4) is 0 Å². The molecule has 0 spiro atoms. The molecular formula is C26H33Br2N. The molecule has 29 heavy (non-hydrogen) atoms. The molecule has 0 unspecified atom stereocenters. The van der Waals surface area contributed by atoms with Crippen molar-refractivity contribution in [1.82, 2.24) is 4.90 Å². The average Bonchev–Trinajstić information content (AvgIpc) is 2.70. The Morgan fingerprint density at radius 3 is 1.90 bits per heavy atom. The Labute approximate surface area is 193 Å². The van der Waals surface area contributed by atoms with E-state index < -0.39 is 0 Å². The molecule has 0 amide bonds. The van der Waals surface area contributed by atoms with Crippen molar-refractivity contribution in [2.75, 3.05) is 13.1 Å². The predicted octanol–water partition coefficient (Wildman–Crippen LogP) is 7.69. The molecule has 2 aliphatic rings. The molecule has 0 radical (unpaired) electrons. The van der Waals surface area contributed by atoms with Crippen molar-refractivity contribution in [2.24, 2.45) is 0 Å². The third-order valence-corrected chi connectivity index (χ3v) is 9.47. The van der Waals surface area contributed by atoms with E-state index in [1.165, 1.54) is 56.9 Å². The fraction of sp³-hybridized carbons (Fsp3) is 0.538. The highest BCUT2D eigenvalue weighted by molar-refractivity contribution is 9.10. The SMILES string of the molecule is CCN(CCCc1c(C2(Br)CCC2)cccc1C1(Br)CCC1)Cc1ccccc1. The molecule has 0 aromatic heterocycles. The number of nitrogens with zero attached hydrogens (tertiary/aromatic N) is 1. The van der Waals surface area contributed by atoms with E-state index in [-0.39, 0.29) is 8.65 Å². The first-order valence-corrected chi connectivity index (χ1v) is 12.9. The standard InChI is InChI=1S/C26H33Br2N/c1-2-29(20-21-10-4-3-5-11-21)19-7-12-22-23(25(27)15-8-16-25)13-6-14-24(22)26(28)17-9-18-26/h3-6,10-11,13-14H,2,7-9,12,15-20H2,1H3. The summed E-state index contributed by atoms with van der Waals surface area (Å²) in [6.07, 6.45) is 10.2. The van der Waals surface area contributed by atoms with Crippen molar-refractivity contribution in [3.8, 4) is 0 Å². The second-order valence-electron chi connectivity index (χ2n) is 8.93. The number of rotatable bonds is 9. The zero-order valence-electron chi connectivity index (χ0n) is 17.6. The molecule has 3 heteroatoms. The Bertz CT molecular complexity index is 770. The summed E-state index contributed by atoms with van der Waals surface area (Å²) in [6, 6.07) is 18.0. The summed E-state index contributed by atoms with van der Waals surface area (Å²) in [5, 5.41) is 0. The zero-order valence-corrected chi connectivity index (χ0v) is 20.8. The van der Waals surface area contributed by atoms with Gasteiger partial charge in [-0.25, -0.2) is 0 Å². The fourth-order valence-electron chi connectivity index (χ4n) is 4.88. The van der Waals surface area contributed by atoms with Crippen LogP contribution in [0.1, 0.15) is 74.1 Å². The predicted molar refractivity (Wildman–Crippen MR) is 131 cm³/mol. The zero-order chi connectivity index (χ0) is 20.3. The normalized spacial score (nSPS) is 19.6. The highest BCUT2D eigenvalue weighted by Gasteiger charge is 2.42. The van der Waals surface area contributed by atoms with Crippen LogP contribution in [-0.2, 0) is 21.6 Å². The van der Waals surface area contributed by atoms with Gasteiger partial charge in [0.25, 0.3) is 0 Å². The van der Waals surface area contributed by atoms with E-state index in [1.807, 2.05) is 0 Å². The minimum absolute atomic E-state index is 0.222. The van der Waals surface area contributed by atoms with Gasteiger partial charge in [-0.15, -0.1) is 0 Å². The molecule has 0 bridgehead atoms. The molecule has 0 heterocycles. The number of halogens is 2. The fourth-order valence-corrected chi connectivity index (χ4v) is 6.74. The number of benzene rings is 2. The van der Waals surface area contributed by atoms with Crippen LogP contribution in [0.5, 0.6) is 0 Å². The molecule has 4 rings (SSSR count). The van der Waals surface area contributed by atoms with E-state index in [9.17, 15) is 0 Å². The lowest BCUT2D eigenvalue weighted by Crippen LogP contribution is -2.33. The Kier molecular flexibility index (Phi) is 6.88. The summed E-state index contributed by atoms with van der Waals surface area (Å²) in [5.41, 5.74) is 6.17. The van der Waals surface area contributed by atoms with Crippen LogP contribution in [0.25, 0.3) is 0 Å². The molecule has 2 aromatic rings. The molecule has 0 aliphatic heterocycles. The average molecular weight is 519 g/mol. The molecule has 0 N–H and O–H groups in total. The number of hydrogen-bond acceptors (Lipinski definition) is 1. The first kappa shape index (κ1) is 21.6. The van der Waals surface area contributed by atoms with E-state index in [1.54, 1.807) is 16.7 Å². The van der Waals surface area contributed by atoms with Crippen molar-refractivity contribution < 1.29 is 0 Å². The number of hydrogen-bond donors (Lipinski definition) is 0. The summed E-state index contributed by atoms with van der Waals surface area (Å²) in [7, 11) is 0. The van der Waals surface area contributed by atoms with Crippen LogP contribution in [0.15, 0.2) is 48.5 Å². The maximum absolute atomic E-state index is 4.12. The smallest absolute Gasteiger partial charge is 0.0508 e. The van der Waals surface area contributed by atoms with Crippen LogP contribution in [-0.4, -0.2) is 18.0 Å². The third-order valence-electron chi connectivity index (χ3n) is 7.03. The Morgan fingerprint density at radius 2 is 1.41 bits per heavy atom. The lowest BCUT2D eigenvalue weighted by molar-refractivity contribution is 0.275. The van der Waals surface area contributed by atoms with Crippen LogP contribution in [0, 0.1) is 0 Å². The van der Waals surface area contributed by atoms with Gasteiger partial charge in [-0.3, -0.25) is 4.90 Å². The lowest BCUT2D eigenvalue weighted by Gasteiger charge is -2.43. The van der Waals surface area contributed by atoms with Gasteiger partial charge in [0.1, 0.15) is 0 Å². The number of alkyl halides is 2. The van der Waals surface area contributed by atoms with Crippen LogP contribution < -0.4 is 0 Å². The maximum Gasteiger partial charge on any atom is 0.0508 e. The first-order chi connectivity index (χ1) is 14.0. The van der Waals surface area contributed by atoms with Gasteiger partial charge >= 0.3 is 0 Å². The molecule has 1 nitrogen and oxygen atoms in total. The van der Waals surface area contributed by atoms with Crippen LogP contribution in [0.4, 0.5) is 0 Å². The van der Waals surface area contributed by atoms with E-state index in [0.717, 1.165) is 19.6 Å². The van der Waals surface area contributed by atoms with Gasteiger partial charge in [0, 0.05) is 6.54 Å². The maximum atomic E-state index is 4.12. The topological polar surface area (TPSA) is 3.24 Å². The molecule has 2 aromatic carbocycles. The van der Waals surface area contributed by atoms with E-state index in [4.69, 9.17) is 0 Å². The van der Waals surface area contributed by atoms with Gasteiger partial charge in [0.2, 0.25) is 0 Å². The molecule has 2 aliphatic carbocycles. The molecule has 2 fully saturated rings. The highest BCUT2D eigenvalue weighted by Crippen LogP contribution is 2.55. The highest BCUT2D eigenvalue weighted by atomic mass is 79.9. The first-order valence-electron chi connectivity index (χ1n) is 11.3. The Balaban J connectivity index is 1.49. The Hall–Kier alpha value is -0.640. The van der Waals surface area contributed by atoms with Gasteiger partial charge < -0.3 is 0 Å². The lowest BCUT2D eigenvalue weighted by atomic mass is 9.72. The van der Waals surface area contributed by atoms with E-state index in [2.05, 4.69) is 92.2 Å². The summed E-state index contributed by atoms with van der Waals surface area (Å²) in [4.78, 5) is 2.58. The van der Waals surface area contributed by atoms with E-state index >= 15 is 0 Å². The molecule has 0 atom stereocenters. The largest absolute Gasteiger partial charge is 0.299 e. The molecule has 156 valence electrons. The van der Waals surface area contributed by atoms with Crippen molar-refractivity contribution in [2.45, 2.75) is 73.5 Å². The molecule has 0 saturated heterocycles. The molecular weight excluding hydrogens is 486 g/mol. The minimum atomic E-state index is 0.222. The van der Waals surface area contributed by atoms with Gasteiger partial charge in [-0.05, 0) is 86.7 Å². The second-order valence-corrected chi connectivity index (χ2v) is 12.0. The van der Waals surface area contributed by atoms with Crippen molar-refractivity contribution >= 4 is 31.9 Å².